The maximum absolute atomic E-state index is 12.7. The molecule has 4 N–H and O–H groups in total. The first-order valence-electron chi connectivity index (χ1n) is 11.7. The number of anilines is 2. The van der Waals surface area contributed by atoms with Crippen LogP contribution in [0, 0.1) is 11.3 Å². The van der Waals surface area contributed by atoms with Crippen LogP contribution < -0.4 is 16.0 Å². The molecule has 1 saturated heterocycles. The summed E-state index contributed by atoms with van der Waals surface area (Å²) in [5.41, 5.74) is 2.26. The lowest BCUT2D eigenvalue weighted by molar-refractivity contribution is -0.117. The molecule has 1 aliphatic rings. The number of carbonyl (C=O) groups excluding carboxylic acids is 2. The molecule has 190 valence electrons. The number of rotatable bonds is 6. The van der Waals surface area contributed by atoms with Gasteiger partial charge in [-0.15, -0.1) is 0 Å². The Hall–Kier alpha value is -4.72. The maximum Gasteiger partial charge on any atom is 0.295 e. The number of nitriles is 1. The molecule has 1 fully saturated rings. The van der Waals surface area contributed by atoms with E-state index in [0.717, 1.165) is 19.4 Å². The van der Waals surface area contributed by atoms with Gasteiger partial charge in [-0.3, -0.25) is 9.59 Å². The van der Waals surface area contributed by atoms with E-state index >= 15 is 0 Å². The van der Waals surface area contributed by atoms with Gasteiger partial charge in [-0.1, -0.05) is 28.9 Å². The molecule has 0 bridgehead atoms. The van der Waals surface area contributed by atoms with E-state index in [9.17, 15) is 20.0 Å². The zero-order valence-corrected chi connectivity index (χ0v) is 20.6. The van der Waals surface area contributed by atoms with Crippen molar-refractivity contribution >= 4 is 34.9 Å². The molecule has 10 nitrogen and oxygen atoms in total. The summed E-state index contributed by atoms with van der Waals surface area (Å²) in [7, 11) is 0. The zero-order valence-electron chi connectivity index (χ0n) is 19.9. The lowest BCUT2D eigenvalue weighted by Crippen LogP contribution is -2.35. The molecular formula is C27H21ClN6O4. The van der Waals surface area contributed by atoms with Gasteiger partial charge in [-0.2, -0.15) is 5.26 Å². The fourth-order valence-corrected chi connectivity index (χ4v) is 4.41. The van der Waals surface area contributed by atoms with Crippen molar-refractivity contribution in [2.75, 3.05) is 17.2 Å². The molecule has 2 aromatic heterocycles. The van der Waals surface area contributed by atoms with Crippen molar-refractivity contribution in [2.24, 2.45) is 0 Å². The zero-order chi connectivity index (χ0) is 26.6. The highest BCUT2D eigenvalue weighted by Gasteiger charge is 2.23. The SMILES string of the molecule is N#Cc1c(-c2cccc(NC(=O)[C@@H]3CCCN3)c2)cc(-c2ccc(Cl)cc2O)nc1NC(=O)c1ccno1. The number of nitrogens with one attached hydrogen (secondary N) is 3. The van der Waals surface area contributed by atoms with Gasteiger partial charge in [0, 0.05) is 27.9 Å². The molecule has 11 heteroatoms. The van der Waals surface area contributed by atoms with Gasteiger partial charge in [0.2, 0.25) is 11.7 Å². The maximum atomic E-state index is 12.7. The molecule has 1 atom stereocenters. The van der Waals surface area contributed by atoms with Gasteiger partial charge in [-0.05, 0) is 61.3 Å². The van der Waals surface area contributed by atoms with Gasteiger partial charge < -0.3 is 25.6 Å². The molecule has 0 spiro atoms. The van der Waals surface area contributed by atoms with E-state index in [1.54, 1.807) is 42.5 Å². The Morgan fingerprint density at radius 3 is 2.71 bits per heavy atom. The van der Waals surface area contributed by atoms with Crippen LogP contribution in [0.1, 0.15) is 29.0 Å². The fraction of sp³-hybridized carbons (Fsp3) is 0.148. The van der Waals surface area contributed by atoms with Gasteiger partial charge in [0.05, 0.1) is 17.9 Å². The summed E-state index contributed by atoms with van der Waals surface area (Å²) in [6, 6.07) is 16.4. The van der Waals surface area contributed by atoms with E-state index in [0.29, 0.717) is 27.4 Å². The third-order valence-electron chi connectivity index (χ3n) is 6.08. The van der Waals surface area contributed by atoms with Crippen molar-refractivity contribution in [3.05, 3.63) is 77.1 Å². The number of pyridine rings is 1. The first kappa shape index (κ1) is 25.0. The molecule has 0 aliphatic carbocycles. The molecule has 0 unspecified atom stereocenters. The van der Waals surface area contributed by atoms with Crippen LogP contribution in [0.4, 0.5) is 11.5 Å². The normalized spacial score (nSPS) is 14.6. The molecule has 2 aromatic carbocycles. The summed E-state index contributed by atoms with van der Waals surface area (Å²) in [4.78, 5) is 29.8. The first-order chi connectivity index (χ1) is 18.4. The van der Waals surface area contributed by atoms with Crippen molar-refractivity contribution in [1.82, 2.24) is 15.5 Å². The van der Waals surface area contributed by atoms with Crippen molar-refractivity contribution in [2.45, 2.75) is 18.9 Å². The van der Waals surface area contributed by atoms with Crippen LogP contribution in [0.2, 0.25) is 5.02 Å². The van der Waals surface area contributed by atoms with Crippen LogP contribution in [-0.2, 0) is 4.79 Å². The highest BCUT2D eigenvalue weighted by atomic mass is 35.5. The van der Waals surface area contributed by atoms with Crippen LogP contribution in [0.15, 0.2) is 65.3 Å². The lowest BCUT2D eigenvalue weighted by Gasteiger charge is -2.15. The lowest BCUT2D eigenvalue weighted by atomic mass is 9.97. The Morgan fingerprint density at radius 1 is 1.13 bits per heavy atom. The van der Waals surface area contributed by atoms with Gasteiger partial charge >= 0.3 is 0 Å². The number of carbonyl (C=O) groups is 2. The van der Waals surface area contributed by atoms with E-state index in [-0.39, 0.29) is 40.5 Å². The Bertz CT molecular complexity index is 1560. The third-order valence-corrected chi connectivity index (χ3v) is 6.31. The summed E-state index contributed by atoms with van der Waals surface area (Å²) < 4.78 is 4.93. The standard InChI is InChI=1S/C27H21ClN6O4/c28-16-6-7-18(23(35)12-16)22-13-19(20(14-29)25(33-22)34-27(37)24-8-10-31-38-24)15-3-1-4-17(11-15)32-26(36)21-5-2-9-30-21/h1,3-4,6-8,10-13,21,30,35H,2,5,9H2,(H,32,36)(H,33,34,37)/t21-/m0/s1. The number of amides is 2. The highest BCUT2D eigenvalue weighted by Crippen LogP contribution is 2.37. The monoisotopic (exact) mass is 528 g/mol. The summed E-state index contributed by atoms with van der Waals surface area (Å²) >= 11 is 6.01. The van der Waals surface area contributed by atoms with E-state index in [1.165, 1.54) is 18.3 Å². The van der Waals surface area contributed by atoms with E-state index < -0.39 is 5.91 Å². The Morgan fingerprint density at radius 2 is 2.00 bits per heavy atom. The van der Waals surface area contributed by atoms with Crippen molar-refractivity contribution in [3.63, 3.8) is 0 Å². The van der Waals surface area contributed by atoms with E-state index in [2.05, 4.69) is 32.2 Å². The van der Waals surface area contributed by atoms with Gasteiger partial charge in [0.25, 0.3) is 5.91 Å². The minimum atomic E-state index is -0.653. The predicted molar refractivity (Wildman–Crippen MR) is 141 cm³/mol. The first-order valence-corrected chi connectivity index (χ1v) is 12.1. The van der Waals surface area contributed by atoms with E-state index in [4.69, 9.17) is 16.1 Å². The number of benzene rings is 2. The summed E-state index contributed by atoms with van der Waals surface area (Å²) in [5, 5.41) is 33.2. The van der Waals surface area contributed by atoms with Crippen LogP contribution in [0.5, 0.6) is 5.75 Å². The molecule has 3 heterocycles. The quantitative estimate of drug-likeness (QED) is 0.283. The van der Waals surface area contributed by atoms with Crippen molar-refractivity contribution in [1.29, 1.82) is 5.26 Å². The second-order valence-corrected chi connectivity index (χ2v) is 9.04. The van der Waals surface area contributed by atoms with Crippen molar-refractivity contribution in [3.8, 4) is 34.2 Å². The van der Waals surface area contributed by atoms with Crippen LogP contribution in [0.25, 0.3) is 22.4 Å². The minimum absolute atomic E-state index is 0.0413. The second kappa shape index (κ2) is 10.7. The Balaban J connectivity index is 1.60. The number of aromatic hydroxyl groups is 1. The average molecular weight is 529 g/mol. The number of aromatic nitrogens is 2. The van der Waals surface area contributed by atoms with Crippen molar-refractivity contribution < 1.29 is 19.2 Å². The van der Waals surface area contributed by atoms with E-state index in [1.807, 2.05) is 0 Å². The average Bonchev–Trinajstić information content (AvgIpc) is 3.64. The fourth-order valence-electron chi connectivity index (χ4n) is 4.24. The summed E-state index contributed by atoms with van der Waals surface area (Å²) in [6.07, 6.45) is 3.02. The molecule has 1 aliphatic heterocycles. The number of nitrogens with zero attached hydrogens (tertiary/aromatic N) is 3. The number of halogens is 1. The molecule has 38 heavy (non-hydrogen) atoms. The van der Waals surface area contributed by atoms with Crippen LogP contribution in [-0.4, -0.2) is 39.6 Å². The molecular weight excluding hydrogens is 508 g/mol. The molecule has 2 amide bonds. The number of phenolic OH excluding ortho intramolecular Hbond substituents is 1. The summed E-state index contributed by atoms with van der Waals surface area (Å²) in [5.74, 6) is -1.03. The minimum Gasteiger partial charge on any atom is -0.507 e. The predicted octanol–water partition coefficient (Wildman–Crippen LogP) is 4.58. The largest absolute Gasteiger partial charge is 0.507 e. The number of hydrogen-bond acceptors (Lipinski definition) is 8. The van der Waals surface area contributed by atoms with Crippen LogP contribution >= 0.6 is 11.6 Å². The summed E-state index contributed by atoms with van der Waals surface area (Å²) in [6.45, 7) is 0.795. The van der Waals surface area contributed by atoms with Gasteiger partial charge in [0.15, 0.2) is 5.82 Å². The van der Waals surface area contributed by atoms with Gasteiger partial charge in [-0.25, -0.2) is 4.98 Å². The Labute approximate surface area is 222 Å². The van der Waals surface area contributed by atoms with Gasteiger partial charge in [0.1, 0.15) is 17.4 Å². The number of phenols is 1. The third kappa shape index (κ3) is 5.20. The van der Waals surface area contributed by atoms with Crippen LogP contribution in [0.3, 0.4) is 0 Å². The smallest absolute Gasteiger partial charge is 0.295 e. The molecule has 5 rings (SSSR count). The topological polar surface area (TPSA) is 153 Å². The molecule has 4 aromatic rings. The molecule has 0 saturated carbocycles. The second-order valence-electron chi connectivity index (χ2n) is 8.60. The number of hydrogen-bond donors (Lipinski definition) is 4. The highest BCUT2D eigenvalue weighted by molar-refractivity contribution is 6.30. The Kier molecular flexibility index (Phi) is 7.04. The molecule has 0 radical (unpaired) electrons.